The van der Waals surface area contributed by atoms with Gasteiger partial charge in [-0.15, -0.1) is 0 Å². The summed E-state index contributed by atoms with van der Waals surface area (Å²) < 4.78 is 10.8. The van der Waals surface area contributed by atoms with Crippen LogP contribution in [0.2, 0.25) is 0 Å². The summed E-state index contributed by atoms with van der Waals surface area (Å²) in [6.45, 7) is 7.48. The zero-order chi connectivity index (χ0) is 14.8. The zero-order valence-electron chi connectivity index (χ0n) is 12.6. The van der Waals surface area contributed by atoms with Crippen molar-refractivity contribution in [2.24, 2.45) is 0 Å². The molecule has 1 unspecified atom stereocenters. The largest absolute Gasteiger partial charge is 0.457 e. The highest BCUT2D eigenvalue weighted by Crippen LogP contribution is 2.30. The van der Waals surface area contributed by atoms with Crippen molar-refractivity contribution < 1.29 is 14.3 Å². The molecule has 1 N–H and O–H groups in total. The summed E-state index contributed by atoms with van der Waals surface area (Å²) in [7, 11) is 1.75. The number of nitrogens with one attached hydrogen (secondary N) is 1. The number of fused-ring (bicyclic) bond motifs is 1. The van der Waals surface area contributed by atoms with E-state index in [1.165, 1.54) is 0 Å². The molecule has 21 heavy (non-hydrogen) atoms. The molecule has 5 nitrogen and oxygen atoms in total. The summed E-state index contributed by atoms with van der Waals surface area (Å²) in [5.41, 5.74) is 4.00. The fourth-order valence-corrected chi connectivity index (χ4v) is 3.14. The summed E-state index contributed by atoms with van der Waals surface area (Å²) in [4.78, 5) is 14.0. The molecule has 0 aliphatic carbocycles. The van der Waals surface area contributed by atoms with Crippen LogP contribution in [0.1, 0.15) is 33.2 Å². The number of methoxy groups -OCH3 is 1. The van der Waals surface area contributed by atoms with Gasteiger partial charge in [0.15, 0.2) is 0 Å². The van der Waals surface area contributed by atoms with Gasteiger partial charge < -0.3 is 14.8 Å². The van der Waals surface area contributed by atoms with Crippen LogP contribution in [-0.4, -0.2) is 50.7 Å². The highest BCUT2D eigenvalue weighted by atomic mass is 16.5. The van der Waals surface area contributed by atoms with E-state index in [-0.39, 0.29) is 12.1 Å². The molecule has 2 aliphatic heterocycles. The molecule has 1 saturated heterocycles. The third kappa shape index (κ3) is 2.81. The number of cyclic esters (lactones) is 1. The monoisotopic (exact) mass is 290 g/mol. The van der Waals surface area contributed by atoms with E-state index in [1.807, 2.05) is 12.1 Å². The number of carbonyl (C=O) groups is 1. The van der Waals surface area contributed by atoms with Crippen molar-refractivity contribution in [1.29, 1.82) is 0 Å². The number of benzene rings is 1. The predicted octanol–water partition coefficient (Wildman–Crippen LogP) is 1.26. The number of hydrogen-bond acceptors (Lipinski definition) is 5. The van der Waals surface area contributed by atoms with E-state index in [2.05, 4.69) is 17.1 Å². The van der Waals surface area contributed by atoms with Crippen molar-refractivity contribution in [3.63, 3.8) is 0 Å². The molecule has 114 valence electrons. The van der Waals surface area contributed by atoms with Crippen molar-refractivity contribution in [2.45, 2.75) is 19.6 Å². The number of nitrogens with zero attached hydrogens (tertiary/aromatic N) is 1. The van der Waals surface area contributed by atoms with Gasteiger partial charge in [0.05, 0.1) is 11.7 Å². The van der Waals surface area contributed by atoms with Gasteiger partial charge in [0, 0.05) is 45.4 Å². The quantitative estimate of drug-likeness (QED) is 0.846. The number of hydrogen-bond donors (Lipinski definition) is 1. The van der Waals surface area contributed by atoms with Crippen LogP contribution in [-0.2, 0) is 16.1 Å². The van der Waals surface area contributed by atoms with Gasteiger partial charge in [-0.05, 0) is 24.1 Å². The van der Waals surface area contributed by atoms with Crippen molar-refractivity contribution >= 4 is 5.97 Å². The fourth-order valence-electron chi connectivity index (χ4n) is 3.14. The topological polar surface area (TPSA) is 50.8 Å². The SMILES string of the molecule is COC(CN1CCNCC1)c1ccc2c(c1C)COC2=O. The Balaban J connectivity index is 1.82. The second kappa shape index (κ2) is 6.13. The number of piperazine rings is 1. The minimum absolute atomic E-state index is 0.0316. The van der Waals surface area contributed by atoms with Crippen LogP contribution in [0.25, 0.3) is 0 Å². The number of ether oxygens (including phenoxy) is 2. The highest BCUT2D eigenvalue weighted by molar-refractivity contribution is 5.93. The van der Waals surface area contributed by atoms with Crippen molar-refractivity contribution in [1.82, 2.24) is 10.2 Å². The summed E-state index contributed by atoms with van der Waals surface area (Å²) >= 11 is 0. The second-order valence-corrected chi connectivity index (χ2v) is 5.66. The maximum Gasteiger partial charge on any atom is 0.338 e. The molecular formula is C16H22N2O3. The lowest BCUT2D eigenvalue weighted by Gasteiger charge is -2.31. The first-order valence-corrected chi connectivity index (χ1v) is 7.46. The lowest BCUT2D eigenvalue weighted by molar-refractivity contribution is 0.0534. The first kappa shape index (κ1) is 14.5. The lowest BCUT2D eigenvalue weighted by Crippen LogP contribution is -2.45. The number of rotatable bonds is 4. The Morgan fingerprint density at radius 2 is 2.14 bits per heavy atom. The molecule has 0 spiro atoms. The molecular weight excluding hydrogens is 268 g/mol. The molecule has 2 heterocycles. The van der Waals surface area contributed by atoms with Crippen molar-refractivity contribution in [2.75, 3.05) is 39.8 Å². The number of carbonyl (C=O) groups excluding carboxylic acids is 1. The van der Waals surface area contributed by atoms with E-state index in [1.54, 1.807) is 7.11 Å². The maximum atomic E-state index is 11.6. The molecule has 1 aromatic rings. The summed E-state index contributed by atoms with van der Waals surface area (Å²) in [5.74, 6) is -0.212. The van der Waals surface area contributed by atoms with Gasteiger partial charge in [0.1, 0.15) is 6.61 Å². The minimum Gasteiger partial charge on any atom is -0.457 e. The molecule has 0 bridgehead atoms. The van der Waals surface area contributed by atoms with E-state index in [0.29, 0.717) is 12.2 Å². The Labute approximate surface area is 125 Å². The van der Waals surface area contributed by atoms with E-state index in [9.17, 15) is 4.79 Å². The van der Waals surface area contributed by atoms with Gasteiger partial charge in [0.2, 0.25) is 0 Å². The van der Waals surface area contributed by atoms with Crippen LogP contribution < -0.4 is 5.32 Å². The van der Waals surface area contributed by atoms with Gasteiger partial charge in [0.25, 0.3) is 0 Å². The first-order chi connectivity index (χ1) is 10.2. The Bertz CT molecular complexity index is 539. The molecule has 0 aromatic heterocycles. The van der Waals surface area contributed by atoms with E-state index >= 15 is 0 Å². The highest BCUT2D eigenvalue weighted by Gasteiger charge is 2.27. The minimum atomic E-state index is -0.212. The standard InChI is InChI=1S/C16H22N2O3/c1-11-12(3-4-13-14(11)10-21-16(13)19)15(20-2)9-18-7-5-17-6-8-18/h3-4,15,17H,5-10H2,1-2H3. The van der Waals surface area contributed by atoms with Gasteiger partial charge in [-0.25, -0.2) is 4.79 Å². The Hall–Kier alpha value is -1.43. The van der Waals surface area contributed by atoms with Gasteiger partial charge in [-0.1, -0.05) is 6.07 Å². The Morgan fingerprint density at radius 3 is 2.86 bits per heavy atom. The van der Waals surface area contributed by atoms with E-state index < -0.39 is 0 Å². The van der Waals surface area contributed by atoms with Crippen LogP contribution in [0.3, 0.4) is 0 Å². The van der Waals surface area contributed by atoms with Crippen LogP contribution in [0.4, 0.5) is 0 Å². The lowest BCUT2D eigenvalue weighted by atomic mass is 9.95. The molecule has 0 amide bonds. The summed E-state index contributed by atoms with van der Waals surface area (Å²) in [6.07, 6.45) is 0.0316. The van der Waals surface area contributed by atoms with Crippen LogP contribution in [0.5, 0.6) is 0 Å². The summed E-state index contributed by atoms with van der Waals surface area (Å²) in [6, 6.07) is 3.88. The average molecular weight is 290 g/mol. The molecule has 5 heteroatoms. The predicted molar refractivity (Wildman–Crippen MR) is 79.4 cm³/mol. The normalized spacial score (nSPS) is 20.2. The molecule has 3 rings (SSSR count). The first-order valence-electron chi connectivity index (χ1n) is 7.46. The molecule has 1 atom stereocenters. The van der Waals surface area contributed by atoms with E-state index in [0.717, 1.165) is 49.4 Å². The maximum absolute atomic E-state index is 11.6. The van der Waals surface area contributed by atoms with Crippen LogP contribution in [0.15, 0.2) is 12.1 Å². The van der Waals surface area contributed by atoms with E-state index in [4.69, 9.17) is 9.47 Å². The summed E-state index contributed by atoms with van der Waals surface area (Å²) in [5, 5.41) is 3.36. The zero-order valence-corrected chi connectivity index (χ0v) is 12.6. The van der Waals surface area contributed by atoms with Gasteiger partial charge in [-0.3, -0.25) is 4.90 Å². The Morgan fingerprint density at radius 1 is 1.38 bits per heavy atom. The molecule has 1 aromatic carbocycles. The smallest absolute Gasteiger partial charge is 0.338 e. The fraction of sp³-hybridized carbons (Fsp3) is 0.562. The van der Waals surface area contributed by atoms with Crippen molar-refractivity contribution in [3.05, 3.63) is 34.4 Å². The third-order valence-electron chi connectivity index (χ3n) is 4.47. The van der Waals surface area contributed by atoms with Crippen LogP contribution in [0, 0.1) is 6.92 Å². The molecule has 1 fully saturated rings. The van der Waals surface area contributed by atoms with Crippen LogP contribution >= 0.6 is 0 Å². The number of esters is 1. The molecule has 2 aliphatic rings. The van der Waals surface area contributed by atoms with Crippen molar-refractivity contribution in [3.8, 4) is 0 Å². The Kier molecular flexibility index (Phi) is 4.24. The van der Waals surface area contributed by atoms with Gasteiger partial charge in [-0.2, -0.15) is 0 Å². The average Bonchev–Trinajstić information content (AvgIpc) is 2.89. The molecule has 0 saturated carbocycles. The second-order valence-electron chi connectivity index (χ2n) is 5.66. The third-order valence-corrected chi connectivity index (χ3v) is 4.47. The van der Waals surface area contributed by atoms with Gasteiger partial charge >= 0.3 is 5.97 Å². The molecule has 0 radical (unpaired) electrons.